The summed E-state index contributed by atoms with van der Waals surface area (Å²) in [5.41, 5.74) is -0.439. The number of Topliss-reactive ketones (excluding diaryl/α,β-unsaturated/α-hetero) is 1. The van der Waals surface area contributed by atoms with Crippen molar-refractivity contribution < 1.29 is 19.5 Å². The quantitative estimate of drug-likeness (QED) is 0.814. The van der Waals surface area contributed by atoms with Crippen LogP contribution in [0.25, 0.3) is 0 Å². The SMILES string of the molecule is CC[C@H]1C=C(C(=O)N[C@@]2(C(=O)O)C[C@H]2CC)[C@@H]2CCC(=O)[C@@H]2C1. The van der Waals surface area contributed by atoms with Gasteiger partial charge in [0, 0.05) is 17.9 Å². The zero-order valence-corrected chi connectivity index (χ0v) is 13.8. The van der Waals surface area contributed by atoms with E-state index >= 15 is 0 Å². The molecule has 23 heavy (non-hydrogen) atoms. The minimum Gasteiger partial charge on any atom is -0.479 e. The molecule has 126 valence electrons. The molecule has 5 atom stereocenters. The smallest absolute Gasteiger partial charge is 0.329 e. The number of amides is 1. The zero-order chi connectivity index (χ0) is 16.8. The lowest BCUT2D eigenvalue weighted by Crippen LogP contribution is -2.47. The number of nitrogens with one attached hydrogen (secondary N) is 1. The van der Waals surface area contributed by atoms with Crippen LogP contribution >= 0.6 is 0 Å². The summed E-state index contributed by atoms with van der Waals surface area (Å²) >= 11 is 0. The summed E-state index contributed by atoms with van der Waals surface area (Å²) in [5, 5.41) is 12.3. The molecule has 5 heteroatoms. The average molecular weight is 319 g/mol. The summed E-state index contributed by atoms with van der Waals surface area (Å²) in [6, 6.07) is 0. The van der Waals surface area contributed by atoms with Crippen molar-refractivity contribution in [2.75, 3.05) is 0 Å². The molecule has 0 aromatic heterocycles. The van der Waals surface area contributed by atoms with Gasteiger partial charge < -0.3 is 10.4 Å². The monoisotopic (exact) mass is 319 g/mol. The fourth-order valence-electron chi connectivity index (χ4n) is 4.44. The van der Waals surface area contributed by atoms with Gasteiger partial charge in [-0.25, -0.2) is 4.79 Å². The first-order valence-corrected chi connectivity index (χ1v) is 8.73. The summed E-state index contributed by atoms with van der Waals surface area (Å²) in [4.78, 5) is 36.4. The fourth-order valence-corrected chi connectivity index (χ4v) is 4.44. The number of fused-ring (bicyclic) bond motifs is 1. The van der Waals surface area contributed by atoms with Crippen molar-refractivity contribution in [1.82, 2.24) is 5.32 Å². The Bertz CT molecular complexity index is 582. The maximum Gasteiger partial charge on any atom is 0.329 e. The van der Waals surface area contributed by atoms with Crippen molar-refractivity contribution in [3.8, 4) is 0 Å². The van der Waals surface area contributed by atoms with E-state index in [0.717, 1.165) is 25.7 Å². The van der Waals surface area contributed by atoms with Crippen LogP contribution in [0.5, 0.6) is 0 Å². The van der Waals surface area contributed by atoms with Gasteiger partial charge in [0.25, 0.3) is 0 Å². The Kier molecular flexibility index (Phi) is 4.07. The van der Waals surface area contributed by atoms with E-state index < -0.39 is 11.5 Å². The normalized spacial score (nSPS) is 38.7. The van der Waals surface area contributed by atoms with Gasteiger partial charge in [0.2, 0.25) is 5.91 Å². The number of carboxylic acid groups (broad SMARTS) is 1. The topological polar surface area (TPSA) is 83.5 Å². The maximum absolute atomic E-state index is 12.8. The van der Waals surface area contributed by atoms with Gasteiger partial charge in [0.1, 0.15) is 11.3 Å². The Labute approximate surface area is 136 Å². The van der Waals surface area contributed by atoms with Crippen LogP contribution in [0.2, 0.25) is 0 Å². The highest BCUT2D eigenvalue weighted by Crippen LogP contribution is 2.48. The van der Waals surface area contributed by atoms with E-state index in [2.05, 4.69) is 12.2 Å². The number of allylic oxidation sites excluding steroid dienone is 1. The number of hydrogen-bond acceptors (Lipinski definition) is 3. The first-order chi connectivity index (χ1) is 10.9. The number of carboxylic acids is 1. The standard InChI is InChI=1S/C18H25NO4/c1-3-10-7-13-12(5-6-15(13)20)14(8-10)16(21)19-18(17(22)23)9-11(18)4-2/h8,10-13H,3-7,9H2,1-2H3,(H,19,21)(H,22,23)/t10-,11-,12-,13-,18+/m1/s1. The molecule has 0 saturated heterocycles. The highest BCUT2D eigenvalue weighted by molar-refractivity contribution is 6.00. The van der Waals surface area contributed by atoms with Crippen LogP contribution in [0.3, 0.4) is 0 Å². The van der Waals surface area contributed by atoms with E-state index in [1.165, 1.54) is 0 Å². The van der Waals surface area contributed by atoms with E-state index in [9.17, 15) is 19.5 Å². The van der Waals surface area contributed by atoms with Gasteiger partial charge in [-0.2, -0.15) is 0 Å². The molecule has 0 aromatic carbocycles. The van der Waals surface area contributed by atoms with Crippen LogP contribution in [0.1, 0.15) is 52.4 Å². The van der Waals surface area contributed by atoms with Gasteiger partial charge in [-0.05, 0) is 43.4 Å². The van der Waals surface area contributed by atoms with E-state index in [0.29, 0.717) is 18.4 Å². The Morgan fingerprint density at radius 3 is 2.61 bits per heavy atom. The van der Waals surface area contributed by atoms with E-state index in [1.807, 2.05) is 13.0 Å². The predicted molar refractivity (Wildman–Crippen MR) is 84.6 cm³/mol. The molecule has 0 heterocycles. The molecule has 0 bridgehead atoms. The minimum atomic E-state index is -1.09. The van der Waals surface area contributed by atoms with Crippen molar-refractivity contribution in [2.24, 2.45) is 23.7 Å². The second kappa shape index (κ2) is 5.77. The molecule has 0 aliphatic heterocycles. The predicted octanol–water partition coefficient (Wildman–Crippen LogP) is 2.31. The van der Waals surface area contributed by atoms with Crippen LogP contribution in [-0.4, -0.2) is 28.3 Å². The van der Waals surface area contributed by atoms with Crippen LogP contribution < -0.4 is 5.32 Å². The van der Waals surface area contributed by atoms with Gasteiger partial charge in [0.15, 0.2) is 0 Å². The van der Waals surface area contributed by atoms with E-state index in [1.54, 1.807) is 0 Å². The van der Waals surface area contributed by atoms with Gasteiger partial charge in [0.05, 0.1) is 0 Å². The van der Waals surface area contributed by atoms with Crippen LogP contribution in [0.15, 0.2) is 11.6 Å². The number of ketones is 1. The number of carbonyl (C=O) groups excluding carboxylic acids is 2. The molecular formula is C18H25NO4. The molecular weight excluding hydrogens is 294 g/mol. The third-order valence-corrected chi connectivity index (χ3v) is 6.08. The van der Waals surface area contributed by atoms with E-state index in [-0.39, 0.29) is 35.4 Å². The third kappa shape index (κ3) is 2.60. The summed E-state index contributed by atoms with van der Waals surface area (Å²) in [7, 11) is 0. The van der Waals surface area contributed by atoms with Crippen LogP contribution in [0, 0.1) is 23.7 Å². The van der Waals surface area contributed by atoms with Crippen molar-refractivity contribution in [1.29, 1.82) is 0 Å². The number of hydrogen-bond donors (Lipinski definition) is 2. The summed E-state index contributed by atoms with van der Waals surface area (Å²) < 4.78 is 0. The summed E-state index contributed by atoms with van der Waals surface area (Å²) in [5.74, 6) is -0.774. The molecule has 3 aliphatic carbocycles. The number of rotatable bonds is 5. The molecule has 3 aliphatic rings. The number of carbonyl (C=O) groups is 3. The lowest BCUT2D eigenvalue weighted by molar-refractivity contribution is -0.143. The summed E-state index contributed by atoms with van der Waals surface area (Å²) in [6.45, 7) is 4.00. The van der Waals surface area contributed by atoms with Crippen LogP contribution in [-0.2, 0) is 14.4 Å². The lowest BCUT2D eigenvalue weighted by atomic mass is 9.74. The largest absolute Gasteiger partial charge is 0.479 e. The second-order valence-electron chi connectivity index (χ2n) is 7.28. The highest BCUT2D eigenvalue weighted by Gasteiger charge is 2.61. The van der Waals surface area contributed by atoms with Crippen molar-refractivity contribution in [3.05, 3.63) is 11.6 Å². The first-order valence-electron chi connectivity index (χ1n) is 8.73. The van der Waals surface area contributed by atoms with Crippen molar-refractivity contribution in [2.45, 2.75) is 57.9 Å². The number of aliphatic carboxylic acids is 1. The molecule has 0 radical (unpaired) electrons. The zero-order valence-electron chi connectivity index (χ0n) is 13.8. The first kappa shape index (κ1) is 16.2. The Balaban J connectivity index is 1.82. The Morgan fingerprint density at radius 2 is 2.04 bits per heavy atom. The third-order valence-electron chi connectivity index (χ3n) is 6.08. The molecule has 2 fully saturated rings. The molecule has 1 amide bonds. The maximum atomic E-state index is 12.8. The lowest BCUT2D eigenvalue weighted by Gasteiger charge is -2.30. The van der Waals surface area contributed by atoms with Gasteiger partial charge in [-0.15, -0.1) is 0 Å². The van der Waals surface area contributed by atoms with Crippen molar-refractivity contribution >= 4 is 17.7 Å². The van der Waals surface area contributed by atoms with E-state index in [4.69, 9.17) is 0 Å². The molecule has 0 unspecified atom stereocenters. The summed E-state index contributed by atoms with van der Waals surface area (Å²) in [6.07, 6.45) is 6.23. The minimum absolute atomic E-state index is 0.0103. The molecule has 5 nitrogen and oxygen atoms in total. The average Bonchev–Trinajstić information content (AvgIpc) is 3.14. The Hall–Kier alpha value is -1.65. The Morgan fingerprint density at radius 1 is 1.30 bits per heavy atom. The second-order valence-corrected chi connectivity index (χ2v) is 7.28. The molecule has 3 rings (SSSR count). The van der Waals surface area contributed by atoms with Crippen LogP contribution in [0.4, 0.5) is 0 Å². The van der Waals surface area contributed by atoms with Gasteiger partial charge >= 0.3 is 5.97 Å². The highest BCUT2D eigenvalue weighted by atomic mass is 16.4. The molecule has 2 saturated carbocycles. The fraction of sp³-hybridized carbons (Fsp3) is 0.722. The van der Waals surface area contributed by atoms with Gasteiger partial charge in [-0.3, -0.25) is 9.59 Å². The molecule has 0 aromatic rings. The van der Waals surface area contributed by atoms with Crippen molar-refractivity contribution in [3.63, 3.8) is 0 Å². The molecule has 0 spiro atoms. The van der Waals surface area contributed by atoms with Gasteiger partial charge in [-0.1, -0.05) is 26.3 Å². The molecule has 2 N–H and O–H groups in total.